The number of hydrogen-bond donors (Lipinski definition) is 0. The van der Waals surface area contributed by atoms with E-state index in [0.29, 0.717) is 12.6 Å². The molecule has 1 unspecified atom stereocenters. The van der Waals surface area contributed by atoms with Gasteiger partial charge in [0.2, 0.25) is 5.95 Å². The average Bonchev–Trinajstić information content (AvgIpc) is 2.76. The van der Waals surface area contributed by atoms with E-state index in [-0.39, 0.29) is 6.04 Å². The zero-order valence-electron chi connectivity index (χ0n) is 18.1. The van der Waals surface area contributed by atoms with Gasteiger partial charge in [0.25, 0.3) is 0 Å². The summed E-state index contributed by atoms with van der Waals surface area (Å²) < 4.78 is 16.7. The van der Waals surface area contributed by atoms with Gasteiger partial charge in [-0.25, -0.2) is 9.97 Å². The van der Waals surface area contributed by atoms with Crippen molar-refractivity contribution in [3.05, 3.63) is 30.1 Å². The fourth-order valence-corrected chi connectivity index (χ4v) is 3.94. The lowest BCUT2D eigenvalue weighted by Crippen LogP contribution is -2.36. The summed E-state index contributed by atoms with van der Waals surface area (Å²) in [5, 5.41) is 0. The Morgan fingerprint density at radius 1 is 1.10 bits per heavy atom. The molecule has 1 fully saturated rings. The standard InChI is InChI=1S/C22H32N4O3/c1-25(2)22-23-15-16(20-18(28-4)10-8-11-19(20)29-5)21(24-22)17-9-6-7-12-26(17)13-14-27-3/h8,10-11,15,17H,6-7,9,12-14H2,1-5H3. The lowest BCUT2D eigenvalue weighted by molar-refractivity contribution is 0.0945. The lowest BCUT2D eigenvalue weighted by Gasteiger charge is -2.36. The first-order valence-electron chi connectivity index (χ1n) is 10.1. The predicted octanol–water partition coefficient (Wildman–Crippen LogP) is 3.40. The van der Waals surface area contributed by atoms with Crippen LogP contribution in [-0.2, 0) is 4.74 Å². The summed E-state index contributed by atoms with van der Waals surface area (Å²) in [6.45, 7) is 2.62. The molecule has 1 aliphatic heterocycles. The van der Waals surface area contributed by atoms with Crippen molar-refractivity contribution in [2.45, 2.75) is 25.3 Å². The Balaban J connectivity index is 2.16. The number of ether oxygens (including phenoxy) is 3. The maximum Gasteiger partial charge on any atom is 0.225 e. The predicted molar refractivity (Wildman–Crippen MR) is 115 cm³/mol. The summed E-state index contributed by atoms with van der Waals surface area (Å²) in [4.78, 5) is 14.0. The molecule has 0 saturated carbocycles. The van der Waals surface area contributed by atoms with Gasteiger partial charge in [0.05, 0.1) is 38.1 Å². The van der Waals surface area contributed by atoms with Crippen LogP contribution in [0, 0.1) is 0 Å². The quantitative estimate of drug-likeness (QED) is 0.673. The van der Waals surface area contributed by atoms with E-state index in [4.69, 9.17) is 19.2 Å². The first kappa shape index (κ1) is 21.3. The Kier molecular flexibility index (Phi) is 7.28. The van der Waals surface area contributed by atoms with Crippen LogP contribution in [0.5, 0.6) is 11.5 Å². The van der Waals surface area contributed by atoms with Gasteiger partial charge in [0, 0.05) is 39.5 Å². The van der Waals surface area contributed by atoms with Crippen molar-refractivity contribution < 1.29 is 14.2 Å². The van der Waals surface area contributed by atoms with Gasteiger partial charge in [0.15, 0.2) is 0 Å². The molecule has 1 atom stereocenters. The molecule has 0 radical (unpaired) electrons. The monoisotopic (exact) mass is 400 g/mol. The molecule has 0 N–H and O–H groups in total. The molecule has 1 saturated heterocycles. The molecule has 1 aliphatic rings. The van der Waals surface area contributed by atoms with Crippen molar-refractivity contribution >= 4 is 5.95 Å². The first-order valence-corrected chi connectivity index (χ1v) is 10.1. The number of rotatable bonds is 8. The topological polar surface area (TPSA) is 60.0 Å². The van der Waals surface area contributed by atoms with E-state index in [1.165, 1.54) is 12.8 Å². The molecule has 0 bridgehead atoms. The highest BCUT2D eigenvalue weighted by molar-refractivity contribution is 5.78. The molecule has 1 aromatic heterocycles. The van der Waals surface area contributed by atoms with E-state index in [2.05, 4.69) is 9.88 Å². The molecule has 0 aliphatic carbocycles. The molecule has 1 aromatic carbocycles. The third-order valence-electron chi connectivity index (χ3n) is 5.41. The highest BCUT2D eigenvalue weighted by Gasteiger charge is 2.30. The molecule has 7 nitrogen and oxygen atoms in total. The summed E-state index contributed by atoms with van der Waals surface area (Å²) in [5.41, 5.74) is 2.87. The molecule has 2 heterocycles. The lowest BCUT2D eigenvalue weighted by atomic mass is 9.93. The largest absolute Gasteiger partial charge is 0.496 e. The van der Waals surface area contributed by atoms with E-state index >= 15 is 0 Å². The Hall–Kier alpha value is -2.38. The summed E-state index contributed by atoms with van der Waals surface area (Å²) in [6, 6.07) is 6.03. The Labute approximate surface area is 173 Å². The molecule has 0 amide bonds. The zero-order chi connectivity index (χ0) is 20.8. The highest BCUT2D eigenvalue weighted by atomic mass is 16.5. The van der Waals surface area contributed by atoms with Crippen LogP contribution in [0.4, 0.5) is 5.95 Å². The summed E-state index contributed by atoms with van der Waals surface area (Å²) in [6.07, 6.45) is 5.33. The minimum atomic E-state index is 0.199. The Bertz CT molecular complexity index is 790. The molecule has 3 rings (SSSR count). The van der Waals surface area contributed by atoms with Crippen molar-refractivity contribution in [1.82, 2.24) is 14.9 Å². The van der Waals surface area contributed by atoms with Crippen LogP contribution in [0.25, 0.3) is 11.1 Å². The number of hydrogen-bond acceptors (Lipinski definition) is 7. The second kappa shape index (κ2) is 9.89. The van der Waals surface area contributed by atoms with Gasteiger partial charge in [-0.1, -0.05) is 12.5 Å². The maximum absolute atomic E-state index is 5.67. The van der Waals surface area contributed by atoms with Crippen molar-refractivity contribution in [3.8, 4) is 22.6 Å². The molecular weight excluding hydrogens is 368 g/mol. The van der Waals surface area contributed by atoms with Gasteiger partial charge < -0.3 is 19.1 Å². The van der Waals surface area contributed by atoms with Crippen LogP contribution >= 0.6 is 0 Å². The molecule has 2 aromatic rings. The summed E-state index contributed by atoms with van der Waals surface area (Å²) >= 11 is 0. The normalized spacial score (nSPS) is 17.2. The van der Waals surface area contributed by atoms with Crippen molar-refractivity contribution in [2.75, 3.05) is 60.0 Å². The average molecular weight is 401 g/mol. The van der Waals surface area contributed by atoms with E-state index in [9.17, 15) is 0 Å². The number of benzene rings is 1. The van der Waals surface area contributed by atoms with Crippen molar-refractivity contribution in [3.63, 3.8) is 0 Å². The van der Waals surface area contributed by atoms with Gasteiger partial charge in [0.1, 0.15) is 11.5 Å². The molecule has 0 spiro atoms. The highest BCUT2D eigenvalue weighted by Crippen LogP contribution is 2.43. The van der Waals surface area contributed by atoms with E-state index < -0.39 is 0 Å². The zero-order valence-corrected chi connectivity index (χ0v) is 18.1. The number of methoxy groups -OCH3 is 3. The second-order valence-electron chi connectivity index (χ2n) is 7.44. The minimum Gasteiger partial charge on any atom is -0.496 e. The van der Waals surface area contributed by atoms with Crippen molar-refractivity contribution in [1.29, 1.82) is 0 Å². The van der Waals surface area contributed by atoms with Crippen LogP contribution in [0.2, 0.25) is 0 Å². The van der Waals surface area contributed by atoms with Crippen LogP contribution in [0.15, 0.2) is 24.4 Å². The number of nitrogens with zero attached hydrogens (tertiary/aromatic N) is 4. The fraction of sp³-hybridized carbons (Fsp3) is 0.545. The van der Waals surface area contributed by atoms with Crippen LogP contribution in [-0.4, -0.2) is 70.0 Å². The van der Waals surface area contributed by atoms with Gasteiger partial charge in [-0.05, 0) is 31.5 Å². The second-order valence-corrected chi connectivity index (χ2v) is 7.44. The molecular formula is C22H32N4O3. The minimum absolute atomic E-state index is 0.199. The third-order valence-corrected chi connectivity index (χ3v) is 5.41. The summed E-state index contributed by atoms with van der Waals surface area (Å²) in [7, 11) is 9.04. The van der Waals surface area contributed by atoms with Crippen LogP contribution in [0.1, 0.15) is 31.0 Å². The number of likely N-dealkylation sites (tertiary alicyclic amines) is 1. The molecule has 29 heavy (non-hydrogen) atoms. The van der Waals surface area contributed by atoms with Gasteiger partial charge in [-0.2, -0.15) is 0 Å². The summed E-state index contributed by atoms with van der Waals surface area (Å²) in [5.74, 6) is 2.21. The van der Waals surface area contributed by atoms with Crippen LogP contribution in [0.3, 0.4) is 0 Å². The fourth-order valence-electron chi connectivity index (χ4n) is 3.94. The van der Waals surface area contributed by atoms with E-state index in [1.54, 1.807) is 21.3 Å². The maximum atomic E-state index is 5.67. The SMILES string of the molecule is COCCN1CCCCC1c1nc(N(C)C)ncc1-c1c(OC)cccc1OC. The first-order chi connectivity index (χ1) is 14.1. The molecule has 158 valence electrons. The van der Waals surface area contributed by atoms with Crippen molar-refractivity contribution in [2.24, 2.45) is 0 Å². The van der Waals surface area contributed by atoms with E-state index in [1.807, 2.05) is 43.4 Å². The van der Waals surface area contributed by atoms with Gasteiger partial charge in [-0.15, -0.1) is 0 Å². The smallest absolute Gasteiger partial charge is 0.225 e. The van der Waals surface area contributed by atoms with Crippen LogP contribution < -0.4 is 14.4 Å². The Morgan fingerprint density at radius 2 is 1.83 bits per heavy atom. The third kappa shape index (κ3) is 4.62. The van der Waals surface area contributed by atoms with E-state index in [0.717, 1.165) is 47.8 Å². The number of aromatic nitrogens is 2. The van der Waals surface area contributed by atoms with Gasteiger partial charge >= 0.3 is 0 Å². The Morgan fingerprint density at radius 3 is 2.45 bits per heavy atom. The molecule has 7 heteroatoms. The van der Waals surface area contributed by atoms with Gasteiger partial charge in [-0.3, -0.25) is 4.90 Å². The number of piperidine rings is 1. The number of anilines is 1.